The van der Waals surface area contributed by atoms with Crippen molar-refractivity contribution in [2.24, 2.45) is 0 Å². The molecule has 132 valence electrons. The largest absolute Gasteiger partial charge is 0.396 e. The fraction of sp³-hybridized carbons (Fsp3) is 0.412. The Hall–Kier alpha value is -2.61. The summed E-state index contributed by atoms with van der Waals surface area (Å²) in [6.07, 6.45) is 2.66. The van der Waals surface area contributed by atoms with Crippen LogP contribution >= 0.6 is 0 Å². The predicted molar refractivity (Wildman–Crippen MR) is 92.8 cm³/mol. The van der Waals surface area contributed by atoms with Gasteiger partial charge in [0.2, 0.25) is 0 Å². The van der Waals surface area contributed by atoms with Crippen molar-refractivity contribution in [2.45, 2.75) is 32.7 Å². The van der Waals surface area contributed by atoms with Crippen LogP contribution in [0.15, 0.2) is 24.3 Å². The third-order valence-corrected chi connectivity index (χ3v) is 3.88. The molecule has 0 aliphatic rings. The molecule has 1 aromatic carbocycles. The molecule has 0 bridgehead atoms. The molecule has 0 spiro atoms. The lowest BCUT2D eigenvalue weighted by Crippen LogP contribution is -2.08. The van der Waals surface area contributed by atoms with E-state index < -0.39 is 0 Å². The molecule has 7 nitrogen and oxygen atoms in total. The fourth-order valence-corrected chi connectivity index (χ4v) is 2.60. The van der Waals surface area contributed by atoms with Gasteiger partial charge in [-0.3, -0.25) is 0 Å². The summed E-state index contributed by atoms with van der Waals surface area (Å²) in [6.45, 7) is 3.00. The van der Waals surface area contributed by atoms with Crippen LogP contribution in [0, 0.1) is 12.7 Å². The van der Waals surface area contributed by atoms with Crippen molar-refractivity contribution in [3.8, 4) is 0 Å². The molecule has 2 N–H and O–H groups in total. The Morgan fingerprint density at radius 2 is 2.00 bits per heavy atom. The lowest BCUT2D eigenvalue weighted by molar-refractivity contribution is 0.283. The van der Waals surface area contributed by atoms with Crippen molar-refractivity contribution < 1.29 is 9.50 Å². The highest BCUT2D eigenvalue weighted by Gasteiger charge is 2.14. The molecule has 0 atom stereocenters. The quantitative estimate of drug-likeness (QED) is 0.610. The maximum atomic E-state index is 13.9. The van der Waals surface area contributed by atoms with E-state index in [1.54, 1.807) is 29.8 Å². The topological polar surface area (TPSA) is 88.8 Å². The zero-order valence-electron chi connectivity index (χ0n) is 14.1. The Balaban J connectivity index is 1.81. The summed E-state index contributed by atoms with van der Waals surface area (Å²) in [5.74, 6) is 0.952. The first-order valence-corrected chi connectivity index (χ1v) is 8.35. The fourth-order valence-electron chi connectivity index (χ4n) is 2.60. The van der Waals surface area contributed by atoms with E-state index in [9.17, 15) is 4.39 Å². The molecule has 0 radical (unpaired) electrons. The van der Waals surface area contributed by atoms with E-state index in [0.29, 0.717) is 28.4 Å². The summed E-state index contributed by atoms with van der Waals surface area (Å²) in [6, 6.07) is 6.59. The van der Waals surface area contributed by atoms with Crippen LogP contribution < -0.4 is 5.32 Å². The predicted octanol–water partition coefficient (Wildman–Crippen LogP) is 2.29. The van der Waals surface area contributed by atoms with Gasteiger partial charge in [0, 0.05) is 18.7 Å². The summed E-state index contributed by atoms with van der Waals surface area (Å²) < 4.78 is 15.5. The molecule has 0 aliphatic heterocycles. The average Bonchev–Trinajstić information content (AvgIpc) is 2.99. The number of hydrogen-bond acceptors (Lipinski definition) is 6. The van der Waals surface area contributed by atoms with Crippen molar-refractivity contribution in [2.75, 3.05) is 18.5 Å². The molecule has 0 unspecified atom stereocenters. The van der Waals surface area contributed by atoms with Gasteiger partial charge in [-0.2, -0.15) is 0 Å². The summed E-state index contributed by atoms with van der Waals surface area (Å²) in [5, 5.41) is 20.3. The minimum atomic E-state index is -0.279. The number of anilines is 1. The molecule has 0 aliphatic carbocycles. The lowest BCUT2D eigenvalue weighted by Gasteiger charge is -2.07. The Labute approximate surface area is 144 Å². The van der Waals surface area contributed by atoms with Crippen LogP contribution in [0.25, 0.3) is 11.2 Å². The van der Waals surface area contributed by atoms with Gasteiger partial charge in [-0.25, -0.2) is 19.0 Å². The number of benzene rings is 1. The van der Waals surface area contributed by atoms with Crippen LogP contribution in [0.1, 0.15) is 30.7 Å². The number of aliphatic hydroxyl groups is 1. The highest BCUT2D eigenvalue weighted by Crippen LogP contribution is 2.19. The molecule has 2 heterocycles. The maximum Gasteiger partial charge on any atom is 0.184 e. The van der Waals surface area contributed by atoms with E-state index in [-0.39, 0.29) is 19.0 Å². The smallest absolute Gasteiger partial charge is 0.184 e. The number of rotatable bonds is 8. The Bertz CT molecular complexity index is 850. The Morgan fingerprint density at radius 3 is 2.80 bits per heavy atom. The van der Waals surface area contributed by atoms with Gasteiger partial charge in [0.25, 0.3) is 0 Å². The first-order chi connectivity index (χ1) is 12.2. The number of nitrogens with zero attached hydrogens (tertiary/aromatic N) is 5. The van der Waals surface area contributed by atoms with Gasteiger partial charge < -0.3 is 10.4 Å². The van der Waals surface area contributed by atoms with Gasteiger partial charge in [-0.1, -0.05) is 23.4 Å². The molecule has 0 saturated carbocycles. The minimum absolute atomic E-state index is 0.210. The molecule has 0 amide bonds. The van der Waals surface area contributed by atoms with E-state index in [0.717, 1.165) is 25.8 Å². The number of aryl methyl sites for hydroxylation is 1. The van der Waals surface area contributed by atoms with Crippen LogP contribution in [0.5, 0.6) is 0 Å². The van der Waals surface area contributed by atoms with Gasteiger partial charge in [-0.05, 0) is 32.3 Å². The van der Waals surface area contributed by atoms with Crippen molar-refractivity contribution in [1.82, 2.24) is 25.0 Å². The number of unbranched alkanes of at least 4 members (excludes halogenated alkanes) is 2. The molecule has 0 fully saturated rings. The summed E-state index contributed by atoms with van der Waals surface area (Å²) >= 11 is 0. The van der Waals surface area contributed by atoms with Crippen LogP contribution in [-0.2, 0) is 6.54 Å². The van der Waals surface area contributed by atoms with Crippen molar-refractivity contribution in [1.29, 1.82) is 0 Å². The summed E-state index contributed by atoms with van der Waals surface area (Å²) in [7, 11) is 0. The van der Waals surface area contributed by atoms with Gasteiger partial charge in [0.15, 0.2) is 17.0 Å². The number of hydrogen-bond donors (Lipinski definition) is 2. The first-order valence-electron chi connectivity index (χ1n) is 8.35. The molecular formula is C17H21FN6O. The van der Waals surface area contributed by atoms with Crippen LogP contribution in [0.2, 0.25) is 0 Å². The highest BCUT2D eigenvalue weighted by atomic mass is 19.1. The average molecular weight is 344 g/mol. The van der Waals surface area contributed by atoms with Gasteiger partial charge in [0.1, 0.15) is 11.6 Å². The van der Waals surface area contributed by atoms with E-state index >= 15 is 0 Å². The zero-order chi connectivity index (χ0) is 17.6. The van der Waals surface area contributed by atoms with E-state index in [1.165, 1.54) is 6.07 Å². The second kappa shape index (κ2) is 7.98. The molecular weight excluding hydrogens is 323 g/mol. The Kier molecular flexibility index (Phi) is 5.49. The minimum Gasteiger partial charge on any atom is -0.396 e. The van der Waals surface area contributed by atoms with Crippen molar-refractivity contribution in [3.05, 3.63) is 41.5 Å². The normalized spacial score (nSPS) is 11.2. The molecule has 25 heavy (non-hydrogen) atoms. The molecule has 8 heteroatoms. The van der Waals surface area contributed by atoms with Crippen LogP contribution in [-0.4, -0.2) is 43.2 Å². The third-order valence-electron chi connectivity index (χ3n) is 3.88. The summed E-state index contributed by atoms with van der Waals surface area (Å²) in [5.41, 5.74) is 1.68. The van der Waals surface area contributed by atoms with Gasteiger partial charge in [0.05, 0.1) is 6.54 Å². The standard InChI is InChI=1S/C17H21FN6O/c1-12-20-16(19-9-5-2-6-10-25)15-17(21-12)24(23-22-15)11-13-7-3-4-8-14(13)18/h3-4,7-8,25H,2,5-6,9-11H2,1H3,(H,19,20,21). The lowest BCUT2D eigenvalue weighted by atomic mass is 10.2. The molecule has 0 saturated heterocycles. The number of fused-ring (bicyclic) bond motifs is 1. The Morgan fingerprint density at radius 1 is 1.16 bits per heavy atom. The molecule has 2 aromatic heterocycles. The van der Waals surface area contributed by atoms with E-state index in [1.807, 2.05) is 0 Å². The second-order valence-corrected chi connectivity index (χ2v) is 5.84. The molecule has 3 rings (SSSR count). The maximum absolute atomic E-state index is 13.9. The van der Waals surface area contributed by atoms with E-state index in [2.05, 4.69) is 25.6 Å². The zero-order valence-corrected chi connectivity index (χ0v) is 14.1. The summed E-state index contributed by atoms with van der Waals surface area (Å²) in [4.78, 5) is 8.81. The SMILES string of the molecule is Cc1nc(NCCCCCO)c2nnn(Cc3ccccc3F)c2n1. The van der Waals surface area contributed by atoms with Crippen LogP contribution in [0.3, 0.4) is 0 Å². The first kappa shape index (κ1) is 17.2. The van der Waals surface area contributed by atoms with Crippen molar-refractivity contribution in [3.63, 3.8) is 0 Å². The van der Waals surface area contributed by atoms with Gasteiger partial charge in [-0.15, -0.1) is 5.10 Å². The third kappa shape index (κ3) is 4.08. The van der Waals surface area contributed by atoms with Crippen LogP contribution in [0.4, 0.5) is 10.2 Å². The van der Waals surface area contributed by atoms with Gasteiger partial charge >= 0.3 is 0 Å². The molecule has 3 aromatic rings. The number of halogens is 1. The number of aliphatic hydroxyl groups excluding tert-OH is 1. The van der Waals surface area contributed by atoms with E-state index in [4.69, 9.17) is 5.11 Å². The number of aromatic nitrogens is 5. The highest BCUT2D eigenvalue weighted by molar-refractivity contribution is 5.82. The number of nitrogens with one attached hydrogen (secondary N) is 1. The van der Waals surface area contributed by atoms with Crippen molar-refractivity contribution >= 4 is 17.0 Å². The second-order valence-electron chi connectivity index (χ2n) is 5.84. The monoisotopic (exact) mass is 344 g/mol.